The Balaban J connectivity index is 2.42. The van der Waals surface area contributed by atoms with Crippen molar-refractivity contribution in [3.05, 3.63) is 10.4 Å². The zero-order valence-electron chi connectivity index (χ0n) is 9.44. The Morgan fingerprint density at radius 2 is 2.19 bits per heavy atom. The summed E-state index contributed by atoms with van der Waals surface area (Å²) in [6.07, 6.45) is 0. The highest BCUT2D eigenvalue weighted by Crippen LogP contribution is 2.37. The molecular weight excluding hydrogens is 240 g/mol. The molecule has 2 rings (SSSR count). The summed E-state index contributed by atoms with van der Waals surface area (Å²) in [5.74, 6) is 0.554. The maximum atomic E-state index is 5.88. The Kier molecular flexibility index (Phi) is 3.11. The molecule has 86 valence electrons. The molecule has 0 saturated heterocycles. The van der Waals surface area contributed by atoms with Gasteiger partial charge >= 0.3 is 0 Å². The zero-order valence-corrected chi connectivity index (χ0v) is 11.1. The molecule has 0 fully saturated rings. The van der Waals surface area contributed by atoms with Crippen LogP contribution in [0.3, 0.4) is 0 Å². The second kappa shape index (κ2) is 4.39. The summed E-state index contributed by atoms with van der Waals surface area (Å²) in [7, 11) is 0. The molecule has 0 aliphatic carbocycles. The average molecular weight is 254 g/mol. The molecule has 3 N–H and O–H groups in total. The molecule has 0 unspecified atom stereocenters. The number of nitrogens with zero attached hydrogens (tertiary/aromatic N) is 2. The van der Waals surface area contributed by atoms with Crippen LogP contribution in [0.5, 0.6) is 0 Å². The van der Waals surface area contributed by atoms with Crippen LogP contribution in [0.1, 0.15) is 18.9 Å². The minimum atomic E-state index is 0.360. The molecular formula is C10H14N4S2. The molecule has 2 heterocycles. The number of thiazole rings is 1. The van der Waals surface area contributed by atoms with Crippen molar-refractivity contribution in [1.82, 2.24) is 9.36 Å². The van der Waals surface area contributed by atoms with Crippen LogP contribution in [-0.4, -0.2) is 15.4 Å². The van der Waals surface area contributed by atoms with Gasteiger partial charge in [-0.3, -0.25) is 0 Å². The summed E-state index contributed by atoms with van der Waals surface area (Å²) in [6.45, 7) is 6.16. The molecule has 0 aromatic carbocycles. The number of nitrogens with two attached hydrogens (primary N) is 1. The van der Waals surface area contributed by atoms with Crippen LogP contribution < -0.4 is 11.1 Å². The summed E-state index contributed by atoms with van der Waals surface area (Å²) >= 11 is 3.01. The number of nitrogens with one attached hydrogen (secondary N) is 1. The molecule has 4 nitrogen and oxygen atoms in total. The average Bonchev–Trinajstić information content (AvgIpc) is 2.73. The first-order valence-corrected chi connectivity index (χ1v) is 6.67. The lowest BCUT2D eigenvalue weighted by atomic mass is 10.2. The van der Waals surface area contributed by atoms with Gasteiger partial charge < -0.3 is 11.1 Å². The highest BCUT2D eigenvalue weighted by molar-refractivity contribution is 7.11. The highest BCUT2D eigenvalue weighted by atomic mass is 32.1. The highest BCUT2D eigenvalue weighted by Gasteiger charge is 2.16. The standard InChI is InChI=1S/C10H14N4S2/c1-5(2)12-10-8(9(11)14-16-10)7-4-15-6(3)13-7/h4-5,12H,1-3H3,(H2,11,14). The lowest BCUT2D eigenvalue weighted by molar-refractivity contribution is 0.905. The topological polar surface area (TPSA) is 63.8 Å². The van der Waals surface area contributed by atoms with Gasteiger partial charge in [0.15, 0.2) is 0 Å². The largest absolute Gasteiger partial charge is 0.382 e. The van der Waals surface area contributed by atoms with Crippen LogP contribution in [0.4, 0.5) is 10.8 Å². The summed E-state index contributed by atoms with van der Waals surface area (Å²) in [5, 5.41) is 7.39. The molecule has 0 radical (unpaired) electrons. The third-order valence-electron chi connectivity index (χ3n) is 2.01. The SMILES string of the molecule is Cc1nc(-c2c(N)nsc2NC(C)C)cs1. The van der Waals surface area contributed by atoms with Crippen LogP contribution in [0.2, 0.25) is 0 Å². The third kappa shape index (κ3) is 2.17. The molecule has 2 aromatic rings. The van der Waals surface area contributed by atoms with Gasteiger partial charge in [-0.15, -0.1) is 11.3 Å². The maximum Gasteiger partial charge on any atom is 0.148 e. The summed E-state index contributed by atoms with van der Waals surface area (Å²) in [5.41, 5.74) is 7.73. The van der Waals surface area contributed by atoms with E-state index in [0.717, 1.165) is 21.3 Å². The number of hydrogen-bond acceptors (Lipinski definition) is 6. The molecule has 0 amide bonds. The van der Waals surface area contributed by atoms with E-state index in [-0.39, 0.29) is 0 Å². The fourth-order valence-electron chi connectivity index (χ4n) is 1.39. The van der Waals surface area contributed by atoms with Crippen molar-refractivity contribution >= 4 is 33.7 Å². The predicted molar refractivity (Wildman–Crippen MR) is 71.1 cm³/mol. The van der Waals surface area contributed by atoms with E-state index in [9.17, 15) is 0 Å². The van der Waals surface area contributed by atoms with E-state index in [1.807, 2.05) is 12.3 Å². The van der Waals surface area contributed by atoms with E-state index in [1.54, 1.807) is 11.3 Å². The quantitative estimate of drug-likeness (QED) is 0.884. The van der Waals surface area contributed by atoms with E-state index >= 15 is 0 Å². The molecule has 0 aliphatic heterocycles. The Labute approximate surface area is 103 Å². The fraction of sp³-hybridized carbons (Fsp3) is 0.400. The van der Waals surface area contributed by atoms with Crippen molar-refractivity contribution in [2.75, 3.05) is 11.1 Å². The monoisotopic (exact) mass is 254 g/mol. The first-order chi connectivity index (χ1) is 7.58. The summed E-state index contributed by atoms with van der Waals surface area (Å²) in [4.78, 5) is 4.45. The molecule has 0 saturated carbocycles. The van der Waals surface area contributed by atoms with Crippen molar-refractivity contribution < 1.29 is 0 Å². The van der Waals surface area contributed by atoms with Crippen molar-refractivity contribution in [1.29, 1.82) is 0 Å². The Morgan fingerprint density at radius 1 is 1.44 bits per heavy atom. The number of rotatable bonds is 3. The van der Waals surface area contributed by atoms with Crippen molar-refractivity contribution in [2.45, 2.75) is 26.8 Å². The lowest BCUT2D eigenvalue weighted by Gasteiger charge is -2.08. The first kappa shape index (κ1) is 11.3. The Morgan fingerprint density at radius 3 is 2.75 bits per heavy atom. The second-order valence-corrected chi connectivity index (χ2v) is 5.66. The van der Waals surface area contributed by atoms with E-state index in [1.165, 1.54) is 11.5 Å². The van der Waals surface area contributed by atoms with E-state index in [2.05, 4.69) is 28.5 Å². The lowest BCUT2D eigenvalue weighted by Crippen LogP contribution is -2.09. The third-order valence-corrected chi connectivity index (χ3v) is 3.58. The van der Waals surface area contributed by atoms with Gasteiger partial charge in [0.2, 0.25) is 0 Å². The van der Waals surface area contributed by atoms with Gasteiger partial charge in [0.25, 0.3) is 0 Å². The molecule has 0 aliphatic rings. The van der Waals surface area contributed by atoms with E-state index < -0.39 is 0 Å². The molecule has 2 aromatic heterocycles. The minimum absolute atomic E-state index is 0.360. The summed E-state index contributed by atoms with van der Waals surface area (Å²) in [6, 6.07) is 0.360. The summed E-state index contributed by atoms with van der Waals surface area (Å²) < 4.78 is 4.18. The maximum absolute atomic E-state index is 5.88. The van der Waals surface area contributed by atoms with Crippen molar-refractivity contribution in [3.8, 4) is 11.3 Å². The first-order valence-electron chi connectivity index (χ1n) is 5.02. The van der Waals surface area contributed by atoms with Gasteiger partial charge in [-0.25, -0.2) is 4.98 Å². The molecule has 0 bridgehead atoms. The fourth-order valence-corrected chi connectivity index (χ4v) is 2.86. The van der Waals surface area contributed by atoms with Crippen LogP contribution >= 0.6 is 22.9 Å². The van der Waals surface area contributed by atoms with Gasteiger partial charge in [0.1, 0.15) is 10.8 Å². The predicted octanol–water partition coefficient (Wildman–Crippen LogP) is 2.98. The molecule has 6 heteroatoms. The van der Waals surface area contributed by atoms with Gasteiger partial charge in [-0.1, -0.05) is 0 Å². The zero-order chi connectivity index (χ0) is 11.7. The van der Waals surface area contributed by atoms with Crippen LogP contribution in [0, 0.1) is 6.92 Å². The van der Waals surface area contributed by atoms with Crippen LogP contribution in [0.25, 0.3) is 11.3 Å². The normalized spacial score (nSPS) is 11.0. The Bertz CT molecular complexity index is 487. The van der Waals surface area contributed by atoms with E-state index in [0.29, 0.717) is 11.9 Å². The van der Waals surface area contributed by atoms with Gasteiger partial charge in [0, 0.05) is 11.4 Å². The number of aryl methyl sites for hydroxylation is 1. The number of anilines is 2. The number of nitrogen functional groups attached to an aromatic ring is 1. The Hall–Kier alpha value is -1.14. The van der Waals surface area contributed by atoms with Gasteiger partial charge in [0.05, 0.1) is 16.3 Å². The minimum Gasteiger partial charge on any atom is -0.382 e. The van der Waals surface area contributed by atoms with E-state index in [4.69, 9.17) is 5.73 Å². The second-order valence-electron chi connectivity index (χ2n) is 3.82. The van der Waals surface area contributed by atoms with Crippen LogP contribution in [0.15, 0.2) is 5.38 Å². The molecule has 16 heavy (non-hydrogen) atoms. The molecule has 0 atom stereocenters. The van der Waals surface area contributed by atoms with Gasteiger partial charge in [-0.05, 0) is 32.3 Å². The van der Waals surface area contributed by atoms with Crippen LogP contribution in [-0.2, 0) is 0 Å². The van der Waals surface area contributed by atoms with Crippen molar-refractivity contribution in [3.63, 3.8) is 0 Å². The number of hydrogen-bond donors (Lipinski definition) is 2. The van der Waals surface area contributed by atoms with Crippen molar-refractivity contribution in [2.24, 2.45) is 0 Å². The molecule has 0 spiro atoms. The number of aromatic nitrogens is 2. The van der Waals surface area contributed by atoms with Gasteiger partial charge in [-0.2, -0.15) is 4.37 Å². The smallest absolute Gasteiger partial charge is 0.148 e.